The van der Waals surface area contributed by atoms with Crippen LogP contribution in [0.15, 0.2) is 0 Å². The number of piperidine rings is 3. The van der Waals surface area contributed by atoms with Gasteiger partial charge in [-0.1, -0.05) is 0 Å². The third-order valence-electron chi connectivity index (χ3n) is 4.91. The van der Waals surface area contributed by atoms with E-state index in [1.165, 1.54) is 0 Å². The summed E-state index contributed by atoms with van der Waals surface area (Å²) in [6, 6.07) is 0.281. The van der Waals surface area contributed by atoms with Crippen molar-refractivity contribution in [1.82, 2.24) is 4.90 Å². The van der Waals surface area contributed by atoms with Crippen molar-refractivity contribution in [3.63, 3.8) is 0 Å². The number of carbonyl (C=O) groups is 1. The highest BCUT2D eigenvalue weighted by Crippen LogP contribution is 2.42. The fourth-order valence-corrected chi connectivity index (χ4v) is 4.08. The Bertz CT molecular complexity index is 293. The standard InChI is InChI=1S/C13H21NO3/c15-13(16)11-9-1-5-14(6-2-9)12(11)10-3-7-17-8-4-10/h9-12H,1-8H2,(H,15,16). The Labute approximate surface area is 102 Å². The van der Waals surface area contributed by atoms with Crippen LogP contribution in [0.2, 0.25) is 0 Å². The van der Waals surface area contributed by atoms with Crippen molar-refractivity contribution in [3.05, 3.63) is 0 Å². The molecular weight excluding hydrogens is 218 g/mol. The monoisotopic (exact) mass is 239 g/mol. The normalized spacial score (nSPS) is 42.6. The minimum Gasteiger partial charge on any atom is -0.481 e. The predicted molar refractivity (Wildman–Crippen MR) is 62.8 cm³/mol. The fraction of sp³-hybridized carbons (Fsp3) is 0.923. The summed E-state index contributed by atoms with van der Waals surface area (Å²) in [4.78, 5) is 14.0. The van der Waals surface area contributed by atoms with Crippen LogP contribution in [-0.2, 0) is 9.53 Å². The van der Waals surface area contributed by atoms with Crippen molar-refractivity contribution in [2.75, 3.05) is 26.3 Å². The number of hydrogen-bond donors (Lipinski definition) is 1. The van der Waals surface area contributed by atoms with Crippen LogP contribution in [-0.4, -0.2) is 48.3 Å². The van der Waals surface area contributed by atoms with E-state index >= 15 is 0 Å². The second kappa shape index (κ2) is 4.58. The second-order valence-corrected chi connectivity index (χ2v) is 5.68. The van der Waals surface area contributed by atoms with Gasteiger partial charge in [-0.25, -0.2) is 0 Å². The lowest BCUT2D eigenvalue weighted by Crippen LogP contribution is -2.60. The van der Waals surface area contributed by atoms with Crippen LogP contribution in [0.1, 0.15) is 25.7 Å². The van der Waals surface area contributed by atoms with Crippen molar-refractivity contribution in [2.45, 2.75) is 31.7 Å². The van der Waals surface area contributed by atoms with Gasteiger partial charge in [-0.3, -0.25) is 9.69 Å². The number of aliphatic carboxylic acids is 1. The number of nitrogens with zero attached hydrogens (tertiary/aromatic N) is 1. The molecule has 4 aliphatic rings. The molecule has 2 unspecified atom stereocenters. The average Bonchev–Trinajstić information content (AvgIpc) is 2.40. The lowest BCUT2D eigenvalue weighted by molar-refractivity contribution is -0.157. The maximum Gasteiger partial charge on any atom is 0.308 e. The van der Waals surface area contributed by atoms with Gasteiger partial charge in [0.2, 0.25) is 0 Å². The molecule has 2 bridgehead atoms. The predicted octanol–water partition coefficient (Wildman–Crippen LogP) is 1.21. The highest BCUT2D eigenvalue weighted by atomic mass is 16.5. The minimum absolute atomic E-state index is 0.124. The maximum absolute atomic E-state index is 11.5. The molecule has 0 aliphatic carbocycles. The smallest absolute Gasteiger partial charge is 0.308 e. The molecule has 0 radical (unpaired) electrons. The molecule has 17 heavy (non-hydrogen) atoms. The van der Waals surface area contributed by atoms with E-state index in [2.05, 4.69) is 4.90 Å². The molecule has 4 nitrogen and oxygen atoms in total. The van der Waals surface area contributed by atoms with E-state index in [0.717, 1.165) is 52.0 Å². The lowest BCUT2D eigenvalue weighted by Gasteiger charge is -2.52. The first-order chi connectivity index (χ1) is 8.27. The molecule has 0 spiro atoms. The average molecular weight is 239 g/mol. The topological polar surface area (TPSA) is 49.8 Å². The number of hydrogen-bond acceptors (Lipinski definition) is 3. The van der Waals surface area contributed by atoms with E-state index in [1.54, 1.807) is 0 Å². The SMILES string of the molecule is O=C(O)C1C2CCN(CC2)C1C1CCOCC1. The third kappa shape index (κ3) is 1.97. The van der Waals surface area contributed by atoms with Gasteiger partial charge in [0.15, 0.2) is 0 Å². The van der Waals surface area contributed by atoms with E-state index in [0.29, 0.717) is 11.8 Å². The Hall–Kier alpha value is -0.610. The molecule has 0 aromatic heterocycles. The summed E-state index contributed by atoms with van der Waals surface area (Å²) in [7, 11) is 0. The minimum atomic E-state index is -0.573. The Morgan fingerprint density at radius 3 is 2.29 bits per heavy atom. The van der Waals surface area contributed by atoms with Gasteiger partial charge in [-0.15, -0.1) is 0 Å². The quantitative estimate of drug-likeness (QED) is 0.787. The molecule has 2 atom stereocenters. The summed E-state index contributed by atoms with van der Waals surface area (Å²) in [5.41, 5.74) is 0. The molecule has 4 saturated heterocycles. The van der Waals surface area contributed by atoms with Crippen LogP contribution >= 0.6 is 0 Å². The van der Waals surface area contributed by atoms with Crippen LogP contribution in [0.4, 0.5) is 0 Å². The molecule has 1 N–H and O–H groups in total. The van der Waals surface area contributed by atoms with E-state index in [4.69, 9.17) is 4.74 Å². The van der Waals surface area contributed by atoms with Gasteiger partial charge in [0.25, 0.3) is 0 Å². The molecule has 4 rings (SSSR count). The van der Waals surface area contributed by atoms with E-state index in [9.17, 15) is 9.90 Å². The largest absolute Gasteiger partial charge is 0.481 e. The van der Waals surface area contributed by atoms with Crippen molar-refractivity contribution in [3.8, 4) is 0 Å². The zero-order valence-electron chi connectivity index (χ0n) is 10.2. The van der Waals surface area contributed by atoms with Crippen LogP contribution < -0.4 is 0 Å². The Morgan fingerprint density at radius 2 is 1.71 bits per heavy atom. The summed E-state index contributed by atoms with van der Waals surface area (Å²) in [5.74, 6) is 0.259. The first-order valence-corrected chi connectivity index (χ1v) is 6.82. The molecule has 4 heteroatoms. The van der Waals surface area contributed by atoms with Gasteiger partial charge in [0, 0.05) is 19.3 Å². The van der Waals surface area contributed by atoms with Gasteiger partial charge in [-0.2, -0.15) is 0 Å². The van der Waals surface area contributed by atoms with Crippen LogP contribution in [0, 0.1) is 17.8 Å². The molecule has 0 saturated carbocycles. The molecule has 0 amide bonds. The van der Waals surface area contributed by atoms with E-state index in [1.807, 2.05) is 0 Å². The number of fused-ring (bicyclic) bond motifs is 3. The molecule has 4 aliphatic heterocycles. The van der Waals surface area contributed by atoms with E-state index < -0.39 is 5.97 Å². The summed E-state index contributed by atoms with van der Waals surface area (Å²) < 4.78 is 5.40. The number of carboxylic acid groups (broad SMARTS) is 1. The van der Waals surface area contributed by atoms with Crippen LogP contribution in [0.5, 0.6) is 0 Å². The number of rotatable bonds is 2. The Balaban J connectivity index is 1.81. The fourth-order valence-electron chi connectivity index (χ4n) is 4.08. The van der Waals surface area contributed by atoms with Gasteiger partial charge >= 0.3 is 5.97 Å². The van der Waals surface area contributed by atoms with Crippen LogP contribution in [0.25, 0.3) is 0 Å². The number of ether oxygens (including phenoxy) is 1. The zero-order valence-corrected chi connectivity index (χ0v) is 10.2. The summed E-state index contributed by atoms with van der Waals surface area (Å²) >= 11 is 0. The van der Waals surface area contributed by atoms with Crippen molar-refractivity contribution in [1.29, 1.82) is 0 Å². The molecule has 96 valence electrons. The summed E-state index contributed by atoms with van der Waals surface area (Å²) in [6.07, 6.45) is 4.24. The molecule has 4 fully saturated rings. The van der Waals surface area contributed by atoms with Gasteiger partial charge in [-0.05, 0) is 50.6 Å². The van der Waals surface area contributed by atoms with Crippen molar-refractivity contribution in [2.24, 2.45) is 17.8 Å². The van der Waals surface area contributed by atoms with Crippen molar-refractivity contribution >= 4 is 5.97 Å². The highest BCUT2D eigenvalue weighted by molar-refractivity contribution is 5.71. The highest BCUT2D eigenvalue weighted by Gasteiger charge is 2.48. The molecule has 4 heterocycles. The van der Waals surface area contributed by atoms with E-state index in [-0.39, 0.29) is 12.0 Å². The second-order valence-electron chi connectivity index (χ2n) is 5.68. The third-order valence-corrected chi connectivity index (χ3v) is 4.91. The molecule has 0 aromatic rings. The summed E-state index contributed by atoms with van der Waals surface area (Å²) in [6.45, 7) is 3.84. The Kier molecular flexibility index (Phi) is 3.09. The van der Waals surface area contributed by atoms with Crippen LogP contribution in [0.3, 0.4) is 0 Å². The maximum atomic E-state index is 11.5. The Morgan fingerprint density at radius 1 is 1.06 bits per heavy atom. The number of carboxylic acids is 1. The molecule has 0 aromatic carbocycles. The van der Waals surface area contributed by atoms with Gasteiger partial charge in [0.05, 0.1) is 5.92 Å². The summed E-state index contributed by atoms with van der Waals surface area (Å²) in [5, 5.41) is 9.50. The lowest BCUT2D eigenvalue weighted by atomic mass is 9.68. The molecular formula is C13H21NO3. The first kappa shape index (κ1) is 11.5. The van der Waals surface area contributed by atoms with Crippen molar-refractivity contribution < 1.29 is 14.6 Å². The zero-order chi connectivity index (χ0) is 11.8. The van der Waals surface area contributed by atoms with Gasteiger partial charge in [0.1, 0.15) is 0 Å². The first-order valence-electron chi connectivity index (χ1n) is 6.82. The van der Waals surface area contributed by atoms with Gasteiger partial charge < -0.3 is 9.84 Å².